The number of carboxylic acid groups (broad SMARTS) is 1. The first kappa shape index (κ1) is 16.6. The molecule has 0 spiro atoms. The molecular formula is C16H21BO5. The fourth-order valence-corrected chi connectivity index (χ4v) is 2.18. The van der Waals surface area contributed by atoms with Crippen LogP contribution >= 0.6 is 0 Å². The summed E-state index contributed by atoms with van der Waals surface area (Å²) >= 11 is 0. The highest BCUT2D eigenvalue weighted by molar-refractivity contribution is 6.63. The van der Waals surface area contributed by atoms with Crippen LogP contribution < -0.4 is 10.2 Å². The maximum absolute atomic E-state index is 10.6. The molecule has 0 aliphatic carbocycles. The summed E-state index contributed by atoms with van der Waals surface area (Å²) in [6.45, 7) is 7.92. The average Bonchev–Trinajstić information content (AvgIpc) is 2.64. The van der Waals surface area contributed by atoms with Gasteiger partial charge in [0.25, 0.3) is 0 Å². The Balaban J connectivity index is 2.37. The predicted octanol–water partition coefficient (Wildman–Crippen LogP) is 2.09. The van der Waals surface area contributed by atoms with Gasteiger partial charge in [-0.2, -0.15) is 0 Å². The van der Waals surface area contributed by atoms with Crippen molar-refractivity contribution in [3.63, 3.8) is 0 Å². The zero-order valence-corrected chi connectivity index (χ0v) is 13.5. The standard InChI is InChI=1S/C16H21BO5/c1-15(2)16(3,4)22-17(21-15)12-10-11(7-9-14(18)19)6-8-13(12)20-5/h6-10H,1-5H3,(H,18,19)/b9-7+. The van der Waals surface area contributed by atoms with Crippen molar-refractivity contribution in [2.75, 3.05) is 7.11 Å². The molecule has 1 aliphatic heterocycles. The largest absolute Gasteiger partial charge is 0.498 e. The monoisotopic (exact) mass is 304 g/mol. The fourth-order valence-electron chi connectivity index (χ4n) is 2.18. The van der Waals surface area contributed by atoms with E-state index in [1.165, 1.54) is 6.08 Å². The highest BCUT2D eigenvalue weighted by Crippen LogP contribution is 2.37. The van der Waals surface area contributed by atoms with Gasteiger partial charge in [0, 0.05) is 11.5 Å². The van der Waals surface area contributed by atoms with E-state index in [4.69, 9.17) is 19.2 Å². The Labute approximate surface area is 131 Å². The van der Waals surface area contributed by atoms with Crippen LogP contribution in [0.5, 0.6) is 5.75 Å². The van der Waals surface area contributed by atoms with Crippen molar-refractivity contribution in [3.05, 3.63) is 29.8 Å². The third kappa shape index (κ3) is 3.18. The molecule has 0 unspecified atom stereocenters. The third-order valence-electron chi connectivity index (χ3n) is 4.18. The zero-order chi connectivity index (χ0) is 16.5. The molecule has 22 heavy (non-hydrogen) atoms. The third-order valence-corrected chi connectivity index (χ3v) is 4.18. The van der Waals surface area contributed by atoms with Gasteiger partial charge < -0.3 is 19.2 Å². The highest BCUT2D eigenvalue weighted by Gasteiger charge is 2.52. The van der Waals surface area contributed by atoms with E-state index < -0.39 is 24.3 Å². The number of hydrogen-bond donors (Lipinski definition) is 1. The van der Waals surface area contributed by atoms with E-state index in [0.717, 1.165) is 17.1 Å². The summed E-state index contributed by atoms with van der Waals surface area (Å²) < 4.78 is 17.4. The van der Waals surface area contributed by atoms with Crippen molar-refractivity contribution in [2.45, 2.75) is 38.9 Å². The molecule has 1 N–H and O–H groups in total. The lowest BCUT2D eigenvalue weighted by Gasteiger charge is -2.32. The van der Waals surface area contributed by atoms with Gasteiger partial charge >= 0.3 is 13.1 Å². The SMILES string of the molecule is COc1ccc(/C=C/C(=O)O)cc1B1OC(C)(C)C(C)(C)O1. The number of rotatable bonds is 4. The molecule has 0 aromatic heterocycles. The second-order valence-corrected chi connectivity index (χ2v) is 6.26. The van der Waals surface area contributed by atoms with Gasteiger partial charge in [0.05, 0.1) is 18.3 Å². The Morgan fingerprint density at radius 3 is 2.32 bits per heavy atom. The van der Waals surface area contributed by atoms with Crippen LogP contribution in [0.15, 0.2) is 24.3 Å². The first-order valence-corrected chi connectivity index (χ1v) is 7.11. The second kappa shape index (κ2) is 5.78. The number of carbonyl (C=O) groups is 1. The Morgan fingerprint density at radius 2 is 1.82 bits per heavy atom. The maximum Gasteiger partial charge on any atom is 0.498 e. The molecule has 0 atom stereocenters. The normalized spacial score (nSPS) is 19.6. The minimum absolute atomic E-state index is 0.449. The molecule has 2 rings (SSSR count). The molecule has 118 valence electrons. The predicted molar refractivity (Wildman–Crippen MR) is 85.4 cm³/mol. The summed E-state index contributed by atoms with van der Waals surface area (Å²) in [6, 6.07) is 5.38. The van der Waals surface area contributed by atoms with Gasteiger partial charge in [0.2, 0.25) is 0 Å². The van der Waals surface area contributed by atoms with E-state index in [0.29, 0.717) is 5.75 Å². The minimum atomic E-state index is -0.993. The number of ether oxygens (including phenoxy) is 1. The summed E-state index contributed by atoms with van der Waals surface area (Å²) in [5, 5.41) is 8.73. The Hall–Kier alpha value is -1.79. The summed E-state index contributed by atoms with van der Waals surface area (Å²) in [6.07, 6.45) is 2.62. The van der Waals surface area contributed by atoms with E-state index in [2.05, 4.69) is 0 Å². The van der Waals surface area contributed by atoms with Gasteiger partial charge in [-0.05, 0) is 45.4 Å². The van der Waals surface area contributed by atoms with E-state index >= 15 is 0 Å². The van der Waals surface area contributed by atoms with Crippen molar-refractivity contribution < 1.29 is 23.9 Å². The van der Waals surface area contributed by atoms with Gasteiger partial charge in [-0.15, -0.1) is 0 Å². The van der Waals surface area contributed by atoms with Gasteiger partial charge in [-0.25, -0.2) is 4.79 Å². The van der Waals surface area contributed by atoms with Crippen molar-refractivity contribution >= 4 is 24.6 Å². The number of aliphatic carboxylic acids is 1. The van der Waals surface area contributed by atoms with Crippen molar-refractivity contribution in [1.29, 1.82) is 0 Å². The van der Waals surface area contributed by atoms with E-state index in [1.54, 1.807) is 19.2 Å². The summed E-state index contributed by atoms with van der Waals surface area (Å²) in [5.41, 5.74) is 0.590. The van der Waals surface area contributed by atoms with Crippen LogP contribution in [-0.2, 0) is 14.1 Å². The highest BCUT2D eigenvalue weighted by atomic mass is 16.7. The van der Waals surface area contributed by atoms with E-state index in [-0.39, 0.29) is 0 Å². The molecule has 6 heteroatoms. The van der Waals surface area contributed by atoms with Crippen LogP contribution in [0, 0.1) is 0 Å². The van der Waals surface area contributed by atoms with Crippen LogP contribution in [0.1, 0.15) is 33.3 Å². The lowest BCUT2D eigenvalue weighted by atomic mass is 9.77. The van der Waals surface area contributed by atoms with Crippen LogP contribution in [0.4, 0.5) is 0 Å². The molecule has 1 fully saturated rings. The number of methoxy groups -OCH3 is 1. The quantitative estimate of drug-likeness (QED) is 0.681. The van der Waals surface area contributed by atoms with Gasteiger partial charge in [0.1, 0.15) is 5.75 Å². The van der Waals surface area contributed by atoms with Crippen LogP contribution in [0.3, 0.4) is 0 Å². The zero-order valence-electron chi connectivity index (χ0n) is 13.5. The molecule has 1 aromatic rings. The van der Waals surface area contributed by atoms with E-state index in [1.807, 2.05) is 33.8 Å². The number of benzene rings is 1. The first-order chi connectivity index (χ1) is 10.2. The van der Waals surface area contributed by atoms with E-state index in [9.17, 15) is 4.79 Å². The molecule has 0 radical (unpaired) electrons. The fraction of sp³-hybridized carbons (Fsp3) is 0.438. The Bertz CT molecular complexity index is 591. The lowest BCUT2D eigenvalue weighted by Crippen LogP contribution is -2.41. The molecule has 1 aliphatic rings. The molecule has 5 nitrogen and oxygen atoms in total. The Kier molecular flexibility index (Phi) is 4.36. The number of carboxylic acids is 1. The van der Waals surface area contributed by atoms with Crippen LogP contribution in [0.2, 0.25) is 0 Å². The molecule has 1 heterocycles. The molecule has 0 amide bonds. The number of hydrogen-bond acceptors (Lipinski definition) is 4. The maximum atomic E-state index is 10.6. The van der Waals surface area contributed by atoms with Crippen molar-refractivity contribution in [2.24, 2.45) is 0 Å². The minimum Gasteiger partial charge on any atom is -0.497 e. The molecule has 1 saturated heterocycles. The first-order valence-electron chi connectivity index (χ1n) is 7.11. The van der Waals surface area contributed by atoms with Gasteiger partial charge in [-0.3, -0.25) is 0 Å². The van der Waals surface area contributed by atoms with Crippen LogP contribution in [-0.4, -0.2) is 36.5 Å². The molecular weight excluding hydrogens is 283 g/mol. The molecule has 1 aromatic carbocycles. The summed E-state index contributed by atoms with van der Waals surface area (Å²) in [7, 11) is 1.02. The molecule has 0 bridgehead atoms. The smallest absolute Gasteiger partial charge is 0.497 e. The Morgan fingerprint density at radius 1 is 1.23 bits per heavy atom. The van der Waals surface area contributed by atoms with Crippen molar-refractivity contribution in [1.82, 2.24) is 0 Å². The van der Waals surface area contributed by atoms with Gasteiger partial charge in [0.15, 0.2) is 0 Å². The topological polar surface area (TPSA) is 65.0 Å². The van der Waals surface area contributed by atoms with Crippen LogP contribution in [0.25, 0.3) is 6.08 Å². The summed E-state index contributed by atoms with van der Waals surface area (Å²) in [5.74, 6) is -0.348. The van der Waals surface area contributed by atoms with Crippen molar-refractivity contribution in [3.8, 4) is 5.75 Å². The lowest BCUT2D eigenvalue weighted by molar-refractivity contribution is -0.131. The van der Waals surface area contributed by atoms with Gasteiger partial charge in [-0.1, -0.05) is 12.1 Å². The average molecular weight is 304 g/mol. The summed E-state index contributed by atoms with van der Waals surface area (Å²) in [4.78, 5) is 10.6. The second-order valence-electron chi connectivity index (χ2n) is 6.26. The molecule has 0 saturated carbocycles.